The maximum absolute atomic E-state index is 12.3. The van der Waals surface area contributed by atoms with Crippen molar-refractivity contribution in [1.29, 1.82) is 0 Å². The number of nitrogens with one attached hydrogen (secondary N) is 1. The lowest BCUT2D eigenvalue weighted by Gasteiger charge is -2.09. The maximum atomic E-state index is 12.3. The Morgan fingerprint density at radius 2 is 1.92 bits per heavy atom. The molecule has 26 heavy (non-hydrogen) atoms. The van der Waals surface area contributed by atoms with Crippen molar-refractivity contribution in [3.05, 3.63) is 77.9 Å². The number of amides is 1. The van der Waals surface area contributed by atoms with Crippen LogP contribution in [-0.4, -0.2) is 28.0 Å². The van der Waals surface area contributed by atoms with Gasteiger partial charge in [-0.25, -0.2) is 15.0 Å². The average Bonchev–Trinajstić information content (AvgIpc) is 2.71. The highest BCUT2D eigenvalue weighted by Crippen LogP contribution is 2.14. The number of pyridine rings is 1. The Bertz CT molecular complexity index is 871. The summed E-state index contributed by atoms with van der Waals surface area (Å²) in [6.07, 6.45) is 2.94. The molecule has 0 spiro atoms. The number of hydrogen-bond acceptors (Lipinski definition) is 6. The van der Waals surface area contributed by atoms with Crippen molar-refractivity contribution in [2.45, 2.75) is 13.2 Å². The zero-order valence-electron chi connectivity index (χ0n) is 14.3. The molecule has 132 valence electrons. The fourth-order valence-electron chi connectivity index (χ4n) is 2.28. The average molecular weight is 350 g/mol. The second kappa shape index (κ2) is 8.57. The standard InChI is InChI=1S/C19H18N4O3/c1-25-19-15(8-5-9-20-19)11-21-18(24)16-10-17(23-13-22-16)26-12-14-6-3-2-4-7-14/h2-10,13H,11-12H2,1H3,(H,21,24). The number of carbonyl (C=O) groups is 1. The van der Waals surface area contributed by atoms with Crippen molar-refractivity contribution >= 4 is 5.91 Å². The third-order valence-electron chi connectivity index (χ3n) is 3.59. The van der Waals surface area contributed by atoms with E-state index in [1.807, 2.05) is 36.4 Å². The van der Waals surface area contributed by atoms with Gasteiger partial charge in [0.25, 0.3) is 5.91 Å². The molecule has 0 radical (unpaired) electrons. The van der Waals surface area contributed by atoms with E-state index in [4.69, 9.17) is 9.47 Å². The number of nitrogens with zero attached hydrogens (tertiary/aromatic N) is 3. The summed E-state index contributed by atoms with van der Waals surface area (Å²) in [6.45, 7) is 0.645. The van der Waals surface area contributed by atoms with Gasteiger partial charge < -0.3 is 14.8 Å². The molecule has 0 atom stereocenters. The molecule has 0 saturated carbocycles. The molecular formula is C19H18N4O3. The second-order valence-electron chi connectivity index (χ2n) is 5.37. The molecule has 0 unspecified atom stereocenters. The first kappa shape index (κ1) is 17.3. The van der Waals surface area contributed by atoms with Crippen LogP contribution in [0.3, 0.4) is 0 Å². The number of hydrogen-bond donors (Lipinski definition) is 1. The molecule has 0 aliphatic rings. The molecule has 0 aliphatic carbocycles. The largest absolute Gasteiger partial charge is 0.481 e. The highest BCUT2D eigenvalue weighted by molar-refractivity contribution is 5.92. The van der Waals surface area contributed by atoms with Gasteiger partial charge in [0, 0.05) is 24.4 Å². The smallest absolute Gasteiger partial charge is 0.270 e. The minimum Gasteiger partial charge on any atom is -0.481 e. The molecule has 0 saturated heterocycles. The molecule has 7 heteroatoms. The van der Waals surface area contributed by atoms with Crippen LogP contribution in [0.15, 0.2) is 61.1 Å². The van der Waals surface area contributed by atoms with Crippen LogP contribution in [0.4, 0.5) is 0 Å². The van der Waals surface area contributed by atoms with Gasteiger partial charge in [-0.2, -0.15) is 0 Å². The Kier molecular flexibility index (Phi) is 5.72. The van der Waals surface area contributed by atoms with E-state index in [1.165, 1.54) is 19.5 Å². The number of benzene rings is 1. The van der Waals surface area contributed by atoms with Gasteiger partial charge in [-0.15, -0.1) is 0 Å². The number of rotatable bonds is 7. The normalized spacial score (nSPS) is 10.2. The van der Waals surface area contributed by atoms with Crippen molar-refractivity contribution in [1.82, 2.24) is 20.3 Å². The SMILES string of the molecule is COc1ncccc1CNC(=O)c1cc(OCc2ccccc2)ncn1. The second-order valence-corrected chi connectivity index (χ2v) is 5.37. The molecule has 3 rings (SSSR count). The van der Waals surface area contributed by atoms with Crippen molar-refractivity contribution in [2.24, 2.45) is 0 Å². The summed E-state index contributed by atoms with van der Waals surface area (Å²) in [5.41, 5.74) is 2.02. The van der Waals surface area contributed by atoms with Crippen LogP contribution in [0.5, 0.6) is 11.8 Å². The first-order valence-electron chi connectivity index (χ1n) is 8.01. The number of aromatic nitrogens is 3. The van der Waals surface area contributed by atoms with E-state index in [2.05, 4.69) is 20.3 Å². The Hall–Kier alpha value is -3.48. The zero-order chi connectivity index (χ0) is 18.2. The van der Waals surface area contributed by atoms with Gasteiger partial charge in [-0.1, -0.05) is 36.4 Å². The third kappa shape index (κ3) is 4.54. The minimum atomic E-state index is -0.331. The summed E-state index contributed by atoms with van der Waals surface area (Å²) in [6, 6.07) is 14.8. The number of carbonyl (C=O) groups excluding carboxylic acids is 1. The van der Waals surface area contributed by atoms with Crippen LogP contribution >= 0.6 is 0 Å². The fraction of sp³-hybridized carbons (Fsp3) is 0.158. The van der Waals surface area contributed by atoms with Crippen LogP contribution in [-0.2, 0) is 13.2 Å². The van der Waals surface area contributed by atoms with E-state index in [0.29, 0.717) is 18.4 Å². The van der Waals surface area contributed by atoms with Crippen LogP contribution in [0.25, 0.3) is 0 Å². The molecule has 3 aromatic rings. The zero-order valence-corrected chi connectivity index (χ0v) is 14.3. The topological polar surface area (TPSA) is 86.2 Å². The highest BCUT2D eigenvalue weighted by atomic mass is 16.5. The Labute approximate surface area is 151 Å². The monoisotopic (exact) mass is 350 g/mol. The Morgan fingerprint density at radius 3 is 2.73 bits per heavy atom. The summed E-state index contributed by atoms with van der Waals surface area (Å²) in [4.78, 5) is 24.5. The molecule has 2 heterocycles. The summed E-state index contributed by atoms with van der Waals surface area (Å²) >= 11 is 0. The molecule has 0 bridgehead atoms. The molecule has 7 nitrogen and oxygen atoms in total. The quantitative estimate of drug-likeness (QED) is 0.704. The predicted octanol–water partition coefficient (Wildman–Crippen LogP) is 2.39. The first-order valence-corrected chi connectivity index (χ1v) is 8.01. The molecular weight excluding hydrogens is 332 g/mol. The van der Waals surface area contributed by atoms with Crippen LogP contribution < -0.4 is 14.8 Å². The van der Waals surface area contributed by atoms with Crippen LogP contribution in [0.1, 0.15) is 21.6 Å². The Balaban J connectivity index is 1.61. The third-order valence-corrected chi connectivity index (χ3v) is 3.59. The first-order chi connectivity index (χ1) is 12.8. The molecule has 1 amide bonds. The van der Waals surface area contributed by atoms with E-state index in [0.717, 1.165) is 11.1 Å². The minimum absolute atomic E-state index is 0.228. The van der Waals surface area contributed by atoms with Crippen LogP contribution in [0.2, 0.25) is 0 Å². The van der Waals surface area contributed by atoms with Crippen molar-refractivity contribution < 1.29 is 14.3 Å². The molecule has 0 aliphatic heterocycles. The van der Waals surface area contributed by atoms with E-state index in [1.54, 1.807) is 12.3 Å². The van der Waals surface area contributed by atoms with Gasteiger partial charge in [0.1, 0.15) is 18.6 Å². The summed E-state index contributed by atoms with van der Waals surface area (Å²) in [5, 5.41) is 2.79. The predicted molar refractivity (Wildman–Crippen MR) is 94.8 cm³/mol. The molecule has 0 fully saturated rings. The lowest BCUT2D eigenvalue weighted by atomic mass is 10.2. The van der Waals surface area contributed by atoms with E-state index in [9.17, 15) is 4.79 Å². The number of methoxy groups -OCH3 is 1. The van der Waals surface area contributed by atoms with E-state index in [-0.39, 0.29) is 18.1 Å². The summed E-state index contributed by atoms with van der Waals surface area (Å²) < 4.78 is 10.8. The van der Waals surface area contributed by atoms with Gasteiger partial charge in [0.2, 0.25) is 11.8 Å². The van der Waals surface area contributed by atoms with Gasteiger partial charge in [0.15, 0.2) is 0 Å². The number of ether oxygens (including phenoxy) is 2. The Morgan fingerprint density at radius 1 is 1.08 bits per heavy atom. The van der Waals surface area contributed by atoms with Crippen molar-refractivity contribution in [3.63, 3.8) is 0 Å². The van der Waals surface area contributed by atoms with Gasteiger partial charge in [-0.3, -0.25) is 4.79 Å². The summed E-state index contributed by atoms with van der Waals surface area (Å²) in [5.74, 6) is 0.484. The lowest BCUT2D eigenvalue weighted by Crippen LogP contribution is -2.24. The van der Waals surface area contributed by atoms with Crippen molar-refractivity contribution in [2.75, 3.05) is 7.11 Å². The van der Waals surface area contributed by atoms with Gasteiger partial charge >= 0.3 is 0 Å². The van der Waals surface area contributed by atoms with Crippen molar-refractivity contribution in [3.8, 4) is 11.8 Å². The van der Waals surface area contributed by atoms with E-state index < -0.39 is 0 Å². The fourth-order valence-corrected chi connectivity index (χ4v) is 2.28. The maximum Gasteiger partial charge on any atom is 0.270 e. The van der Waals surface area contributed by atoms with Crippen LogP contribution in [0, 0.1) is 0 Å². The summed E-state index contributed by atoms with van der Waals surface area (Å²) in [7, 11) is 1.54. The van der Waals surface area contributed by atoms with E-state index >= 15 is 0 Å². The van der Waals surface area contributed by atoms with Gasteiger partial charge in [-0.05, 0) is 11.6 Å². The highest BCUT2D eigenvalue weighted by Gasteiger charge is 2.11. The molecule has 1 N–H and O–H groups in total. The molecule has 2 aromatic heterocycles. The lowest BCUT2D eigenvalue weighted by molar-refractivity contribution is 0.0944. The van der Waals surface area contributed by atoms with Gasteiger partial charge in [0.05, 0.1) is 7.11 Å². The molecule has 1 aromatic carbocycles.